The zero-order valence-corrected chi connectivity index (χ0v) is 11.3. The van der Waals surface area contributed by atoms with Crippen LogP contribution in [0.2, 0.25) is 0 Å². The first-order valence-corrected chi connectivity index (χ1v) is 6.57. The van der Waals surface area contributed by atoms with Crippen molar-refractivity contribution in [2.45, 2.75) is 66.6 Å². The van der Waals surface area contributed by atoms with Crippen LogP contribution in [-0.4, -0.2) is 12.2 Å². The predicted molar refractivity (Wildman–Crippen MR) is 65.9 cm³/mol. The summed E-state index contributed by atoms with van der Waals surface area (Å²) in [5.74, 6) is 3.32. The maximum Gasteiger partial charge on any atom is 0.0553 e. The second-order valence-electron chi connectivity index (χ2n) is 6.05. The maximum absolute atomic E-state index is 5.83. The number of hydrogen-bond donors (Lipinski definition) is 0. The van der Waals surface area contributed by atoms with Gasteiger partial charge < -0.3 is 4.74 Å². The zero-order valence-electron chi connectivity index (χ0n) is 11.3. The van der Waals surface area contributed by atoms with E-state index in [1.165, 1.54) is 12.8 Å². The van der Waals surface area contributed by atoms with Gasteiger partial charge in [0.2, 0.25) is 0 Å². The highest BCUT2D eigenvalue weighted by molar-refractivity contribution is 4.82. The lowest BCUT2D eigenvalue weighted by Gasteiger charge is -2.40. The van der Waals surface area contributed by atoms with Gasteiger partial charge >= 0.3 is 0 Å². The van der Waals surface area contributed by atoms with Crippen molar-refractivity contribution < 1.29 is 4.74 Å². The Morgan fingerprint density at radius 2 is 1.27 bits per heavy atom. The lowest BCUT2D eigenvalue weighted by atomic mass is 9.71. The molecule has 1 saturated heterocycles. The first kappa shape index (κ1) is 13.0. The summed E-state index contributed by atoms with van der Waals surface area (Å²) in [4.78, 5) is 0. The van der Waals surface area contributed by atoms with E-state index >= 15 is 0 Å². The van der Waals surface area contributed by atoms with E-state index in [2.05, 4.69) is 41.5 Å². The predicted octanol–water partition coefficient (Wildman–Crippen LogP) is 4.12. The largest absolute Gasteiger partial charge is 0.376 e. The van der Waals surface area contributed by atoms with Crippen molar-refractivity contribution in [3.05, 3.63) is 0 Å². The van der Waals surface area contributed by atoms with Gasteiger partial charge in [-0.05, 0) is 50.4 Å². The molecule has 0 unspecified atom stereocenters. The smallest absolute Gasteiger partial charge is 0.0553 e. The Bertz CT molecular complexity index is 168. The highest BCUT2D eigenvalue weighted by Crippen LogP contribution is 2.38. The molecule has 0 saturated carbocycles. The van der Waals surface area contributed by atoms with Crippen molar-refractivity contribution >= 4 is 0 Å². The second kappa shape index (κ2) is 5.34. The van der Waals surface area contributed by atoms with E-state index in [0.717, 1.165) is 23.7 Å². The minimum Gasteiger partial charge on any atom is -0.376 e. The molecule has 0 N–H and O–H groups in total. The maximum atomic E-state index is 5.83. The molecule has 0 bridgehead atoms. The molecule has 15 heavy (non-hydrogen) atoms. The Labute approximate surface area is 95.6 Å². The van der Waals surface area contributed by atoms with E-state index in [1.54, 1.807) is 0 Å². The number of ether oxygens (including phenoxy) is 1. The third-order valence-corrected chi connectivity index (χ3v) is 3.82. The molecule has 0 spiro atoms. The fourth-order valence-corrected chi connectivity index (χ4v) is 3.63. The quantitative estimate of drug-likeness (QED) is 0.684. The molecule has 1 nitrogen and oxygen atoms in total. The first-order valence-electron chi connectivity index (χ1n) is 6.57. The molecule has 1 heterocycles. The van der Waals surface area contributed by atoms with Crippen LogP contribution in [-0.2, 0) is 4.74 Å². The highest BCUT2D eigenvalue weighted by atomic mass is 16.5. The molecule has 1 aliphatic heterocycles. The van der Waals surface area contributed by atoms with Gasteiger partial charge in [0, 0.05) is 0 Å². The fraction of sp³-hybridized carbons (Fsp3) is 1.00. The summed E-state index contributed by atoms with van der Waals surface area (Å²) in [6, 6.07) is 0. The van der Waals surface area contributed by atoms with Crippen molar-refractivity contribution in [3.63, 3.8) is 0 Å². The fourth-order valence-electron chi connectivity index (χ4n) is 3.63. The van der Waals surface area contributed by atoms with Crippen LogP contribution in [0, 0.1) is 23.7 Å². The van der Waals surface area contributed by atoms with Crippen LogP contribution in [0.5, 0.6) is 0 Å². The minimum atomic E-state index is 0.457. The van der Waals surface area contributed by atoms with Crippen molar-refractivity contribution in [1.29, 1.82) is 0 Å². The van der Waals surface area contributed by atoms with Crippen LogP contribution in [0.25, 0.3) is 0 Å². The second-order valence-corrected chi connectivity index (χ2v) is 6.05. The molecule has 0 aromatic rings. The normalized spacial score (nSPS) is 33.0. The SMILES string of the molecule is CC(C)C(C(C)C)C1C[C@H](C)O[C@@H](C)C1. The third-order valence-electron chi connectivity index (χ3n) is 3.82. The van der Waals surface area contributed by atoms with E-state index in [0.29, 0.717) is 12.2 Å². The van der Waals surface area contributed by atoms with Crippen LogP contribution in [0.4, 0.5) is 0 Å². The van der Waals surface area contributed by atoms with Gasteiger partial charge in [-0.1, -0.05) is 27.7 Å². The molecule has 1 aliphatic rings. The molecule has 1 rings (SSSR count). The first-order chi connectivity index (χ1) is 6.91. The molecule has 1 heteroatoms. The monoisotopic (exact) mass is 212 g/mol. The zero-order chi connectivity index (χ0) is 11.6. The Morgan fingerprint density at radius 1 is 0.867 bits per heavy atom. The highest BCUT2D eigenvalue weighted by Gasteiger charge is 2.33. The van der Waals surface area contributed by atoms with Gasteiger partial charge in [-0.25, -0.2) is 0 Å². The summed E-state index contributed by atoms with van der Waals surface area (Å²) in [6.07, 6.45) is 3.42. The average Bonchev–Trinajstić information content (AvgIpc) is 1.99. The lowest BCUT2D eigenvalue weighted by molar-refractivity contribution is -0.0728. The Morgan fingerprint density at radius 3 is 1.60 bits per heavy atom. The topological polar surface area (TPSA) is 9.23 Å². The molecule has 0 aliphatic carbocycles. The van der Waals surface area contributed by atoms with Crippen LogP contribution in [0.15, 0.2) is 0 Å². The summed E-state index contributed by atoms with van der Waals surface area (Å²) in [6.45, 7) is 13.9. The molecule has 0 radical (unpaired) electrons. The van der Waals surface area contributed by atoms with Crippen molar-refractivity contribution in [2.75, 3.05) is 0 Å². The minimum absolute atomic E-state index is 0.457. The van der Waals surface area contributed by atoms with Crippen LogP contribution in [0.1, 0.15) is 54.4 Å². The third kappa shape index (κ3) is 3.48. The van der Waals surface area contributed by atoms with E-state index < -0.39 is 0 Å². The molecule has 90 valence electrons. The molecule has 0 aromatic carbocycles. The van der Waals surface area contributed by atoms with Gasteiger partial charge in [0.15, 0.2) is 0 Å². The molecule has 1 fully saturated rings. The number of rotatable bonds is 3. The summed E-state index contributed by atoms with van der Waals surface area (Å²) in [7, 11) is 0. The molecular formula is C14H28O. The van der Waals surface area contributed by atoms with E-state index in [4.69, 9.17) is 4.74 Å². The van der Waals surface area contributed by atoms with E-state index in [9.17, 15) is 0 Å². The van der Waals surface area contributed by atoms with Gasteiger partial charge in [-0.15, -0.1) is 0 Å². The molecular weight excluding hydrogens is 184 g/mol. The summed E-state index contributed by atoms with van der Waals surface area (Å²) >= 11 is 0. The Kier molecular flexibility index (Phi) is 4.64. The van der Waals surface area contributed by atoms with Crippen LogP contribution < -0.4 is 0 Å². The van der Waals surface area contributed by atoms with Gasteiger partial charge in [-0.3, -0.25) is 0 Å². The summed E-state index contributed by atoms with van der Waals surface area (Å²) < 4.78 is 5.83. The van der Waals surface area contributed by atoms with Gasteiger partial charge in [0.25, 0.3) is 0 Å². The summed E-state index contributed by atoms with van der Waals surface area (Å²) in [5.41, 5.74) is 0. The van der Waals surface area contributed by atoms with Gasteiger partial charge in [-0.2, -0.15) is 0 Å². The van der Waals surface area contributed by atoms with Gasteiger partial charge in [0.1, 0.15) is 0 Å². The standard InChI is InChI=1S/C14H28O/c1-9(2)14(10(3)4)13-7-11(5)15-12(6)8-13/h9-14H,7-8H2,1-6H3/t11-,12-/m0/s1. The Balaban J connectivity index is 2.66. The van der Waals surface area contributed by atoms with Crippen LogP contribution in [0.3, 0.4) is 0 Å². The van der Waals surface area contributed by atoms with E-state index in [1.807, 2.05) is 0 Å². The molecule has 0 amide bonds. The van der Waals surface area contributed by atoms with Crippen molar-refractivity contribution in [3.8, 4) is 0 Å². The van der Waals surface area contributed by atoms with Crippen molar-refractivity contribution in [2.24, 2.45) is 23.7 Å². The average molecular weight is 212 g/mol. The molecule has 0 aromatic heterocycles. The summed E-state index contributed by atoms with van der Waals surface area (Å²) in [5, 5.41) is 0. The Hall–Kier alpha value is -0.0400. The van der Waals surface area contributed by atoms with Crippen LogP contribution >= 0.6 is 0 Å². The lowest BCUT2D eigenvalue weighted by Crippen LogP contribution is -2.36. The van der Waals surface area contributed by atoms with Crippen molar-refractivity contribution in [1.82, 2.24) is 0 Å². The number of hydrogen-bond acceptors (Lipinski definition) is 1. The van der Waals surface area contributed by atoms with Gasteiger partial charge in [0.05, 0.1) is 12.2 Å². The molecule has 2 atom stereocenters. The van der Waals surface area contributed by atoms with E-state index in [-0.39, 0.29) is 0 Å².